The summed E-state index contributed by atoms with van der Waals surface area (Å²) in [7, 11) is 0. The van der Waals surface area contributed by atoms with E-state index in [2.05, 4.69) is 15.2 Å². The second kappa shape index (κ2) is 5.67. The van der Waals surface area contributed by atoms with Crippen molar-refractivity contribution < 1.29 is 13.6 Å². The number of aromatic nitrogens is 3. The molecule has 21 heavy (non-hydrogen) atoms. The van der Waals surface area contributed by atoms with Crippen LogP contribution in [0.1, 0.15) is 59.8 Å². The summed E-state index contributed by atoms with van der Waals surface area (Å²) in [6, 6.07) is -0.189. The average Bonchev–Trinajstić information content (AvgIpc) is 3.00. The maximum Gasteiger partial charge on any atom is 0.292 e. The Morgan fingerprint density at radius 3 is 2.81 bits per heavy atom. The summed E-state index contributed by atoms with van der Waals surface area (Å²) in [5, 5.41) is 7.97. The summed E-state index contributed by atoms with van der Waals surface area (Å²) in [6.07, 6.45) is 5.20. The topological polar surface area (TPSA) is 85.3 Å². The van der Waals surface area contributed by atoms with E-state index in [0.29, 0.717) is 24.0 Å². The highest BCUT2D eigenvalue weighted by atomic mass is 16.4. The standard InChI is InChI=1S/C14H18N4O3/c1-9-12(20-8-15-9)14(19)18-7-5-3-4-6-11(18)13-17-16-10(2)21-13/h8,11H,3-7H2,1-2H3. The number of amides is 1. The predicted molar refractivity (Wildman–Crippen MR) is 72.5 cm³/mol. The lowest BCUT2D eigenvalue weighted by molar-refractivity contribution is 0.0617. The second-order valence-electron chi connectivity index (χ2n) is 5.29. The molecule has 0 radical (unpaired) electrons. The van der Waals surface area contributed by atoms with Gasteiger partial charge in [-0.25, -0.2) is 4.98 Å². The van der Waals surface area contributed by atoms with E-state index in [4.69, 9.17) is 8.83 Å². The largest absolute Gasteiger partial charge is 0.438 e. The zero-order chi connectivity index (χ0) is 14.8. The Labute approximate surface area is 122 Å². The van der Waals surface area contributed by atoms with Crippen molar-refractivity contribution >= 4 is 5.91 Å². The van der Waals surface area contributed by atoms with Crippen LogP contribution >= 0.6 is 0 Å². The highest BCUT2D eigenvalue weighted by molar-refractivity contribution is 5.92. The van der Waals surface area contributed by atoms with E-state index in [9.17, 15) is 4.79 Å². The van der Waals surface area contributed by atoms with Crippen molar-refractivity contribution in [2.45, 2.75) is 45.6 Å². The van der Waals surface area contributed by atoms with Crippen LogP contribution in [0.3, 0.4) is 0 Å². The van der Waals surface area contributed by atoms with Crippen molar-refractivity contribution in [2.75, 3.05) is 6.54 Å². The van der Waals surface area contributed by atoms with E-state index >= 15 is 0 Å². The van der Waals surface area contributed by atoms with Crippen LogP contribution in [-0.2, 0) is 0 Å². The minimum Gasteiger partial charge on any atom is -0.438 e. The predicted octanol–water partition coefficient (Wildman–Crippen LogP) is 2.43. The zero-order valence-corrected chi connectivity index (χ0v) is 12.2. The summed E-state index contributed by atoms with van der Waals surface area (Å²) in [5.74, 6) is 1.14. The van der Waals surface area contributed by atoms with Gasteiger partial charge in [-0.05, 0) is 19.8 Å². The lowest BCUT2D eigenvalue weighted by Crippen LogP contribution is -2.35. The maximum absolute atomic E-state index is 12.7. The van der Waals surface area contributed by atoms with E-state index in [1.54, 1.807) is 18.7 Å². The van der Waals surface area contributed by atoms with Gasteiger partial charge in [-0.2, -0.15) is 0 Å². The smallest absolute Gasteiger partial charge is 0.292 e. The molecule has 1 saturated heterocycles. The van der Waals surface area contributed by atoms with E-state index in [1.165, 1.54) is 6.39 Å². The first kappa shape index (κ1) is 13.8. The number of likely N-dealkylation sites (tertiary alicyclic amines) is 1. The van der Waals surface area contributed by atoms with Gasteiger partial charge >= 0.3 is 0 Å². The molecule has 0 spiro atoms. The third-order valence-corrected chi connectivity index (χ3v) is 3.78. The van der Waals surface area contributed by atoms with Crippen LogP contribution in [-0.4, -0.2) is 32.5 Å². The normalized spacial score (nSPS) is 19.5. The molecule has 1 fully saturated rings. The molecule has 0 saturated carbocycles. The van der Waals surface area contributed by atoms with Crippen LogP contribution < -0.4 is 0 Å². The molecule has 0 bridgehead atoms. The van der Waals surface area contributed by atoms with E-state index in [1.807, 2.05) is 0 Å². The number of carbonyl (C=O) groups is 1. The van der Waals surface area contributed by atoms with Gasteiger partial charge in [0.05, 0.1) is 5.69 Å². The van der Waals surface area contributed by atoms with Gasteiger partial charge in [-0.1, -0.05) is 12.8 Å². The van der Waals surface area contributed by atoms with E-state index in [0.717, 1.165) is 25.7 Å². The van der Waals surface area contributed by atoms with Gasteiger partial charge in [-0.3, -0.25) is 4.79 Å². The van der Waals surface area contributed by atoms with Crippen molar-refractivity contribution in [3.63, 3.8) is 0 Å². The Balaban J connectivity index is 1.92. The minimum absolute atomic E-state index is 0.159. The zero-order valence-electron chi connectivity index (χ0n) is 12.2. The third kappa shape index (κ3) is 2.68. The molecule has 3 rings (SSSR count). The molecule has 1 unspecified atom stereocenters. The Hall–Kier alpha value is -2.18. The van der Waals surface area contributed by atoms with Gasteiger partial charge in [0.2, 0.25) is 17.5 Å². The molecule has 7 nitrogen and oxygen atoms in total. The Bertz CT molecular complexity index is 634. The van der Waals surface area contributed by atoms with Crippen LogP contribution in [0.15, 0.2) is 15.2 Å². The lowest BCUT2D eigenvalue weighted by Gasteiger charge is -2.26. The van der Waals surface area contributed by atoms with Crippen molar-refractivity contribution in [3.05, 3.63) is 29.6 Å². The van der Waals surface area contributed by atoms with Gasteiger partial charge in [-0.15, -0.1) is 10.2 Å². The fourth-order valence-electron chi connectivity index (χ4n) is 2.69. The minimum atomic E-state index is -0.189. The number of oxazole rings is 1. The molecule has 112 valence electrons. The van der Waals surface area contributed by atoms with E-state index < -0.39 is 0 Å². The molecule has 1 aliphatic rings. The highest BCUT2D eigenvalue weighted by Crippen LogP contribution is 2.31. The van der Waals surface area contributed by atoms with Gasteiger partial charge in [0.25, 0.3) is 5.91 Å². The molecule has 1 amide bonds. The average molecular weight is 290 g/mol. The Morgan fingerprint density at radius 2 is 2.14 bits per heavy atom. The summed E-state index contributed by atoms with van der Waals surface area (Å²) < 4.78 is 10.8. The van der Waals surface area contributed by atoms with Crippen LogP contribution in [0.5, 0.6) is 0 Å². The Morgan fingerprint density at radius 1 is 1.29 bits per heavy atom. The SMILES string of the molecule is Cc1nnc(C2CCCCCN2C(=O)c2ocnc2C)o1. The van der Waals surface area contributed by atoms with Crippen LogP contribution in [0, 0.1) is 13.8 Å². The number of rotatable bonds is 2. The molecule has 7 heteroatoms. The second-order valence-corrected chi connectivity index (χ2v) is 5.29. The van der Waals surface area contributed by atoms with Gasteiger partial charge in [0.1, 0.15) is 6.04 Å². The molecule has 0 aliphatic carbocycles. The molecular weight excluding hydrogens is 272 g/mol. The summed E-state index contributed by atoms with van der Waals surface area (Å²) >= 11 is 0. The molecule has 2 aromatic heterocycles. The van der Waals surface area contributed by atoms with Crippen LogP contribution in [0.25, 0.3) is 0 Å². The molecule has 0 N–H and O–H groups in total. The fraction of sp³-hybridized carbons (Fsp3) is 0.571. The number of carbonyl (C=O) groups excluding carboxylic acids is 1. The van der Waals surface area contributed by atoms with Gasteiger partial charge in [0.15, 0.2) is 6.39 Å². The first-order valence-corrected chi connectivity index (χ1v) is 7.18. The quantitative estimate of drug-likeness (QED) is 0.844. The molecule has 2 aromatic rings. The number of nitrogens with zero attached hydrogens (tertiary/aromatic N) is 4. The van der Waals surface area contributed by atoms with Crippen molar-refractivity contribution in [1.29, 1.82) is 0 Å². The maximum atomic E-state index is 12.7. The Kier molecular flexibility index (Phi) is 3.72. The van der Waals surface area contributed by atoms with Gasteiger partial charge < -0.3 is 13.7 Å². The number of aryl methyl sites for hydroxylation is 2. The summed E-state index contributed by atoms with van der Waals surface area (Å²) in [4.78, 5) is 18.5. The fourth-order valence-corrected chi connectivity index (χ4v) is 2.69. The number of hydrogen-bond acceptors (Lipinski definition) is 6. The van der Waals surface area contributed by atoms with Crippen molar-refractivity contribution in [1.82, 2.24) is 20.1 Å². The summed E-state index contributed by atoms with van der Waals surface area (Å²) in [6.45, 7) is 4.17. The molecule has 0 aromatic carbocycles. The molecular formula is C14H18N4O3. The van der Waals surface area contributed by atoms with Crippen LogP contribution in [0.4, 0.5) is 0 Å². The van der Waals surface area contributed by atoms with Crippen molar-refractivity contribution in [3.8, 4) is 0 Å². The lowest BCUT2D eigenvalue weighted by atomic mass is 10.1. The molecule has 1 aliphatic heterocycles. The summed E-state index contributed by atoms with van der Waals surface area (Å²) in [5.41, 5.74) is 0.602. The molecule has 1 atom stereocenters. The van der Waals surface area contributed by atoms with E-state index in [-0.39, 0.29) is 17.7 Å². The first-order valence-electron chi connectivity index (χ1n) is 7.18. The van der Waals surface area contributed by atoms with Crippen LogP contribution in [0.2, 0.25) is 0 Å². The monoisotopic (exact) mass is 290 g/mol. The highest BCUT2D eigenvalue weighted by Gasteiger charge is 2.33. The van der Waals surface area contributed by atoms with Gasteiger partial charge in [0, 0.05) is 13.5 Å². The molecule has 3 heterocycles. The first-order chi connectivity index (χ1) is 10.2. The van der Waals surface area contributed by atoms with Crippen molar-refractivity contribution in [2.24, 2.45) is 0 Å². The number of hydrogen-bond donors (Lipinski definition) is 0. The third-order valence-electron chi connectivity index (χ3n) is 3.78.